The van der Waals surface area contributed by atoms with E-state index in [0.29, 0.717) is 11.5 Å². The minimum absolute atomic E-state index is 0.159. The Bertz CT molecular complexity index is 906. The van der Waals surface area contributed by atoms with Gasteiger partial charge in [-0.25, -0.2) is 9.97 Å². The third kappa shape index (κ3) is 4.65. The normalized spacial score (nSPS) is 13.9. The third-order valence-electron chi connectivity index (χ3n) is 4.68. The van der Waals surface area contributed by atoms with Crippen LogP contribution in [-0.4, -0.2) is 21.9 Å². The maximum absolute atomic E-state index is 12.2. The van der Waals surface area contributed by atoms with Gasteiger partial charge >= 0.3 is 0 Å². The standard InChI is InChI=1S/C22H22N4O2/c27-22(26-16-6-4-5-7-16)20-14-24-21(15-23-20)25-17-10-12-19(13-11-17)28-18-8-2-1-3-9-18/h1-3,8-16H,4-7H2,(H,24,25)(H,26,27). The minimum atomic E-state index is -0.159. The van der Waals surface area contributed by atoms with Gasteiger partial charge in [-0.3, -0.25) is 4.79 Å². The summed E-state index contributed by atoms with van der Waals surface area (Å²) < 4.78 is 5.78. The van der Waals surface area contributed by atoms with Gasteiger partial charge in [-0.05, 0) is 49.2 Å². The lowest BCUT2D eigenvalue weighted by atomic mass is 10.2. The van der Waals surface area contributed by atoms with Gasteiger partial charge in [0.15, 0.2) is 0 Å². The molecule has 0 unspecified atom stereocenters. The van der Waals surface area contributed by atoms with Crippen LogP contribution in [0.2, 0.25) is 0 Å². The lowest BCUT2D eigenvalue weighted by Crippen LogP contribution is -2.33. The summed E-state index contributed by atoms with van der Waals surface area (Å²) in [5, 5.41) is 6.19. The number of rotatable bonds is 6. The van der Waals surface area contributed by atoms with Crippen molar-refractivity contribution in [2.24, 2.45) is 0 Å². The van der Waals surface area contributed by atoms with Gasteiger partial charge in [-0.1, -0.05) is 31.0 Å². The number of hydrogen-bond acceptors (Lipinski definition) is 5. The van der Waals surface area contributed by atoms with E-state index in [-0.39, 0.29) is 11.9 Å². The minimum Gasteiger partial charge on any atom is -0.457 e. The molecule has 28 heavy (non-hydrogen) atoms. The van der Waals surface area contributed by atoms with E-state index in [0.717, 1.165) is 30.0 Å². The van der Waals surface area contributed by atoms with Crippen molar-refractivity contribution in [2.75, 3.05) is 5.32 Å². The first kappa shape index (κ1) is 18.0. The van der Waals surface area contributed by atoms with Crippen LogP contribution >= 0.6 is 0 Å². The second-order valence-electron chi connectivity index (χ2n) is 6.81. The largest absolute Gasteiger partial charge is 0.457 e. The molecule has 6 nitrogen and oxygen atoms in total. The number of anilines is 2. The zero-order valence-electron chi connectivity index (χ0n) is 15.5. The molecule has 1 aromatic heterocycles. The molecule has 4 rings (SSSR count). The molecule has 6 heteroatoms. The Labute approximate surface area is 164 Å². The highest BCUT2D eigenvalue weighted by molar-refractivity contribution is 5.92. The quantitative estimate of drug-likeness (QED) is 0.655. The average molecular weight is 374 g/mol. The van der Waals surface area contributed by atoms with Crippen molar-refractivity contribution in [3.05, 3.63) is 72.7 Å². The van der Waals surface area contributed by atoms with E-state index >= 15 is 0 Å². The van der Waals surface area contributed by atoms with Gasteiger partial charge in [-0.2, -0.15) is 0 Å². The smallest absolute Gasteiger partial charge is 0.271 e. The molecule has 2 N–H and O–H groups in total. The van der Waals surface area contributed by atoms with E-state index in [1.165, 1.54) is 19.0 Å². The molecule has 1 aliphatic carbocycles. The number of carbonyl (C=O) groups is 1. The number of hydrogen-bond donors (Lipinski definition) is 2. The fourth-order valence-corrected chi connectivity index (χ4v) is 3.22. The molecule has 0 spiro atoms. The highest BCUT2D eigenvalue weighted by Crippen LogP contribution is 2.24. The second-order valence-corrected chi connectivity index (χ2v) is 6.81. The fourth-order valence-electron chi connectivity index (χ4n) is 3.22. The van der Waals surface area contributed by atoms with Crippen LogP contribution in [0, 0.1) is 0 Å². The van der Waals surface area contributed by atoms with Crippen LogP contribution in [0.25, 0.3) is 0 Å². The number of amides is 1. The summed E-state index contributed by atoms with van der Waals surface area (Å²) in [5.74, 6) is 1.96. The lowest BCUT2D eigenvalue weighted by molar-refractivity contribution is 0.0932. The number of carbonyl (C=O) groups excluding carboxylic acids is 1. The van der Waals surface area contributed by atoms with Gasteiger partial charge in [0.2, 0.25) is 0 Å². The summed E-state index contributed by atoms with van der Waals surface area (Å²) in [6.07, 6.45) is 7.51. The van der Waals surface area contributed by atoms with E-state index in [1.807, 2.05) is 54.6 Å². The molecule has 0 bridgehead atoms. The van der Waals surface area contributed by atoms with Crippen molar-refractivity contribution in [3.8, 4) is 11.5 Å². The predicted octanol–water partition coefficient (Wildman–Crippen LogP) is 4.68. The molecular weight excluding hydrogens is 352 g/mol. The summed E-state index contributed by atoms with van der Waals surface area (Å²) in [6, 6.07) is 17.5. The Morgan fingerprint density at radius 3 is 2.29 bits per heavy atom. The summed E-state index contributed by atoms with van der Waals surface area (Å²) in [7, 11) is 0. The number of aromatic nitrogens is 2. The third-order valence-corrected chi connectivity index (χ3v) is 4.68. The van der Waals surface area contributed by atoms with Gasteiger partial charge in [0.05, 0.1) is 12.4 Å². The highest BCUT2D eigenvalue weighted by Gasteiger charge is 2.18. The zero-order valence-corrected chi connectivity index (χ0v) is 15.5. The summed E-state index contributed by atoms with van der Waals surface area (Å²) in [6.45, 7) is 0. The number of ether oxygens (including phenoxy) is 1. The van der Waals surface area contributed by atoms with Gasteiger partial charge < -0.3 is 15.4 Å². The summed E-state index contributed by atoms with van der Waals surface area (Å²) in [4.78, 5) is 20.7. The molecule has 1 amide bonds. The van der Waals surface area contributed by atoms with Crippen molar-refractivity contribution in [1.29, 1.82) is 0 Å². The maximum Gasteiger partial charge on any atom is 0.271 e. The van der Waals surface area contributed by atoms with Crippen LogP contribution in [0.1, 0.15) is 36.2 Å². The molecule has 2 aromatic carbocycles. The van der Waals surface area contributed by atoms with Gasteiger partial charge in [0.25, 0.3) is 5.91 Å². The first-order valence-electron chi connectivity index (χ1n) is 9.49. The molecule has 1 heterocycles. The summed E-state index contributed by atoms with van der Waals surface area (Å²) in [5.41, 5.74) is 1.20. The number of para-hydroxylation sites is 1. The molecular formula is C22H22N4O2. The van der Waals surface area contributed by atoms with Crippen LogP contribution in [-0.2, 0) is 0 Å². The molecule has 142 valence electrons. The van der Waals surface area contributed by atoms with Crippen molar-refractivity contribution in [3.63, 3.8) is 0 Å². The first-order chi connectivity index (χ1) is 13.8. The monoisotopic (exact) mass is 374 g/mol. The number of benzene rings is 2. The molecule has 1 fully saturated rings. The molecule has 0 radical (unpaired) electrons. The van der Waals surface area contributed by atoms with E-state index in [9.17, 15) is 4.79 Å². The topological polar surface area (TPSA) is 76.1 Å². The maximum atomic E-state index is 12.2. The van der Waals surface area contributed by atoms with Crippen molar-refractivity contribution in [1.82, 2.24) is 15.3 Å². The second kappa shape index (κ2) is 8.52. The van der Waals surface area contributed by atoms with Crippen LogP contribution in [0.15, 0.2) is 67.0 Å². The SMILES string of the molecule is O=C(NC1CCCC1)c1cnc(Nc2ccc(Oc3ccccc3)cc2)cn1. The van der Waals surface area contributed by atoms with E-state index < -0.39 is 0 Å². The lowest BCUT2D eigenvalue weighted by Gasteiger charge is -2.11. The highest BCUT2D eigenvalue weighted by atomic mass is 16.5. The van der Waals surface area contributed by atoms with Crippen LogP contribution in [0.5, 0.6) is 11.5 Å². The Morgan fingerprint density at radius 2 is 1.61 bits per heavy atom. The van der Waals surface area contributed by atoms with Crippen LogP contribution in [0.3, 0.4) is 0 Å². The Hall–Kier alpha value is -3.41. The predicted molar refractivity (Wildman–Crippen MR) is 108 cm³/mol. The molecule has 3 aromatic rings. The van der Waals surface area contributed by atoms with Gasteiger partial charge in [0.1, 0.15) is 23.0 Å². The zero-order chi connectivity index (χ0) is 19.2. The van der Waals surface area contributed by atoms with Gasteiger partial charge in [-0.15, -0.1) is 0 Å². The molecule has 1 saturated carbocycles. The van der Waals surface area contributed by atoms with Crippen LogP contribution in [0.4, 0.5) is 11.5 Å². The van der Waals surface area contributed by atoms with Crippen molar-refractivity contribution < 1.29 is 9.53 Å². The van der Waals surface area contributed by atoms with Gasteiger partial charge in [0, 0.05) is 11.7 Å². The Kier molecular flexibility index (Phi) is 5.47. The number of nitrogens with one attached hydrogen (secondary N) is 2. The van der Waals surface area contributed by atoms with E-state index in [2.05, 4.69) is 20.6 Å². The molecule has 0 saturated heterocycles. The molecule has 0 atom stereocenters. The Balaban J connectivity index is 1.34. The van der Waals surface area contributed by atoms with E-state index in [4.69, 9.17) is 4.74 Å². The van der Waals surface area contributed by atoms with Crippen LogP contribution < -0.4 is 15.4 Å². The van der Waals surface area contributed by atoms with Crippen molar-refractivity contribution >= 4 is 17.4 Å². The average Bonchev–Trinajstić information content (AvgIpc) is 3.24. The van der Waals surface area contributed by atoms with E-state index in [1.54, 1.807) is 6.20 Å². The molecule has 1 aliphatic rings. The molecule has 0 aliphatic heterocycles. The first-order valence-corrected chi connectivity index (χ1v) is 9.49. The number of nitrogens with zero attached hydrogens (tertiary/aromatic N) is 2. The Morgan fingerprint density at radius 1 is 0.893 bits per heavy atom. The van der Waals surface area contributed by atoms with Crippen molar-refractivity contribution in [2.45, 2.75) is 31.7 Å². The summed E-state index contributed by atoms with van der Waals surface area (Å²) >= 11 is 0. The fraction of sp³-hybridized carbons (Fsp3) is 0.227.